The van der Waals surface area contributed by atoms with Crippen molar-refractivity contribution in [3.05, 3.63) is 24.3 Å². The largest absolute Gasteiger partial charge is 0.271 e. The van der Waals surface area contributed by atoms with Gasteiger partial charge in [-0.3, -0.25) is 21.2 Å². The highest BCUT2D eigenvalue weighted by molar-refractivity contribution is 5.01. The molecule has 4 heteroatoms. The minimum Gasteiger partial charge on any atom is -0.271 e. The van der Waals surface area contributed by atoms with Crippen molar-refractivity contribution in [3.63, 3.8) is 0 Å². The second-order valence-electron chi connectivity index (χ2n) is 3.70. The normalized spacial score (nSPS) is 12.7. The third-order valence-electron chi connectivity index (χ3n) is 2.49. The van der Waals surface area contributed by atoms with Crippen LogP contribution in [0.4, 0.5) is 0 Å². The molecule has 0 aliphatic rings. The molecule has 0 aromatic carbocycles. The van der Waals surface area contributed by atoms with E-state index in [0.717, 1.165) is 12.1 Å². The molecule has 0 fully saturated rings. The van der Waals surface area contributed by atoms with Gasteiger partial charge in [-0.15, -0.1) is 0 Å². The highest BCUT2D eigenvalue weighted by Gasteiger charge is 2.09. The molecule has 1 atom stereocenters. The van der Waals surface area contributed by atoms with Gasteiger partial charge in [0.05, 0.1) is 17.9 Å². The molecule has 1 aromatic heterocycles. The Hall–Kier alpha value is -1.00. The molecule has 3 N–H and O–H groups in total. The highest BCUT2D eigenvalue weighted by Crippen LogP contribution is 2.16. The maximum atomic E-state index is 5.50. The van der Waals surface area contributed by atoms with Crippen LogP contribution in [0.15, 0.2) is 18.6 Å². The Morgan fingerprint density at radius 2 is 2.20 bits per heavy atom. The van der Waals surface area contributed by atoms with Crippen LogP contribution in [-0.2, 0) is 0 Å². The summed E-state index contributed by atoms with van der Waals surface area (Å²) in [6.45, 7) is 2.21. The lowest BCUT2D eigenvalue weighted by molar-refractivity contribution is 0.471. The van der Waals surface area contributed by atoms with Crippen LogP contribution in [0.3, 0.4) is 0 Å². The summed E-state index contributed by atoms with van der Waals surface area (Å²) in [5, 5.41) is 0. The third kappa shape index (κ3) is 4.36. The van der Waals surface area contributed by atoms with E-state index in [1.807, 2.05) is 0 Å². The number of unbranched alkanes of at least 4 members (excludes halogenated alkanes) is 3. The number of rotatable bonds is 7. The first-order chi connectivity index (χ1) is 7.38. The van der Waals surface area contributed by atoms with E-state index in [9.17, 15) is 0 Å². The summed E-state index contributed by atoms with van der Waals surface area (Å²) in [5.41, 5.74) is 3.72. The summed E-state index contributed by atoms with van der Waals surface area (Å²) in [4.78, 5) is 8.28. The molecule has 84 valence electrons. The second kappa shape index (κ2) is 7.31. The average Bonchev–Trinajstić information content (AvgIpc) is 2.30. The monoisotopic (exact) mass is 208 g/mol. The van der Waals surface area contributed by atoms with E-state index in [2.05, 4.69) is 22.3 Å². The molecular formula is C11H20N4. The fourth-order valence-corrected chi connectivity index (χ4v) is 1.58. The van der Waals surface area contributed by atoms with Crippen LogP contribution in [0.25, 0.3) is 0 Å². The third-order valence-corrected chi connectivity index (χ3v) is 2.49. The van der Waals surface area contributed by atoms with Gasteiger partial charge in [0.2, 0.25) is 0 Å². The Labute approximate surface area is 91.3 Å². The van der Waals surface area contributed by atoms with Crippen LogP contribution in [0.5, 0.6) is 0 Å². The van der Waals surface area contributed by atoms with Gasteiger partial charge in [0.15, 0.2) is 0 Å². The number of nitrogens with zero attached hydrogens (tertiary/aromatic N) is 2. The molecule has 0 bridgehead atoms. The van der Waals surface area contributed by atoms with Crippen molar-refractivity contribution in [3.8, 4) is 0 Å². The molecule has 1 heterocycles. The summed E-state index contributed by atoms with van der Waals surface area (Å²) in [6, 6.07) is 0.135. The molecule has 0 saturated carbocycles. The summed E-state index contributed by atoms with van der Waals surface area (Å²) >= 11 is 0. The van der Waals surface area contributed by atoms with Crippen LogP contribution in [0.2, 0.25) is 0 Å². The summed E-state index contributed by atoms with van der Waals surface area (Å²) < 4.78 is 0. The first kappa shape index (κ1) is 12.1. The van der Waals surface area contributed by atoms with Crippen LogP contribution in [0, 0.1) is 0 Å². The van der Waals surface area contributed by atoms with Gasteiger partial charge in [-0.1, -0.05) is 32.6 Å². The Morgan fingerprint density at radius 1 is 1.33 bits per heavy atom. The number of hydrazine groups is 1. The molecule has 1 rings (SSSR count). The van der Waals surface area contributed by atoms with E-state index in [4.69, 9.17) is 5.84 Å². The van der Waals surface area contributed by atoms with E-state index in [1.54, 1.807) is 18.6 Å². The number of nitrogens with two attached hydrogens (primary N) is 1. The Bertz CT molecular complexity index is 250. The van der Waals surface area contributed by atoms with Gasteiger partial charge in [0.25, 0.3) is 0 Å². The zero-order valence-electron chi connectivity index (χ0n) is 9.32. The molecule has 0 aliphatic heterocycles. The SMILES string of the molecule is CCCCCCC(NN)c1cnccn1. The van der Waals surface area contributed by atoms with Crippen molar-refractivity contribution in [2.24, 2.45) is 5.84 Å². The van der Waals surface area contributed by atoms with Gasteiger partial charge < -0.3 is 0 Å². The van der Waals surface area contributed by atoms with Gasteiger partial charge in [-0.25, -0.2) is 0 Å². The predicted octanol–water partition coefficient (Wildman–Crippen LogP) is 1.95. The first-order valence-corrected chi connectivity index (χ1v) is 5.60. The van der Waals surface area contributed by atoms with Crippen LogP contribution in [0.1, 0.15) is 50.8 Å². The second-order valence-corrected chi connectivity index (χ2v) is 3.70. The molecule has 0 amide bonds. The molecule has 0 radical (unpaired) electrons. The summed E-state index contributed by atoms with van der Waals surface area (Å²) in [6.07, 6.45) is 11.2. The van der Waals surface area contributed by atoms with E-state index in [0.29, 0.717) is 0 Å². The van der Waals surface area contributed by atoms with Gasteiger partial charge in [0.1, 0.15) is 0 Å². The molecular weight excluding hydrogens is 188 g/mol. The first-order valence-electron chi connectivity index (χ1n) is 5.60. The van der Waals surface area contributed by atoms with Crippen LogP contribution < -0.4 is 11.3 Å². The van der Waals surface area contributed by atoms with E-state index in [1.165, 1.54) is 25.7 Å². The molecule has 4 nitrogen and oxygen atoms in total. The van der Waals surface area contributed by atoms with Gasteiger partial charge in [-0.2, -0.15) is 0 Å². The fourth-order valence-electron chi connectivity index (χ4n) is 1.58. The van der Waals surface area contributed by atoms with E-state index >= 15 is 0 Å². The quantitative estimate of drug-likeness (QED) is 0.408. The minimum absolute atomic E-state index is 0.135. The molecule has 0 saturated heterocycles. The lowest BCUT2D eigenvalue weighted by atomic mass is 10.1. The zero-order valence-corrected chi connectivity index (χ0v) is 9.32. The van der Waals surface area contributed by atoms with Gasteiger partial charge >= 0.3 is 0 Å². The lowest BCUT2D eigenvalue weighted by Gasteiger charge is -2.14. The number of nitrogens with one attached hydrogen (secondary N) is 1. The van der Waals surface area contributed by atoms with Crippen molar-refractivity contribution in [1.29, 1.82) is 0 Å². The van der Waals surface area contributed by atoms with E-state index < -0.39 is 0 Å². The van der Waals surface area contributed by atoms with Gasteiger partial charge in [0, 0.05) is 12.4 Å². The average molecular weight is 208 g/mol. The maximum Gasteiger partial charge on any atom is 0.0769 e. The smallest absolute Gasteiger partial charge is 0.0769 e. The topological polar surface area (TPSA) is 63.8 Å². The van der Waals surface area contributed by atoms with Crippen molar-refractivity contribution in [2.45, 2.75) is 45.1 Å². The van der Waals surface area contributed by atoms with Crippen LogP contribution >= 0.6 is 0 Å². The number of aromatic nitrogens is 2. The van der Waals surface area contributed by atoms with E-state index in [-0.39, 0.29) is 6.04 Å². The molecule has 0 aliphatic carbocycles. The maximum absolute atomic E-state index is 5.50. The molecule has 1 aromatic rings. The number of hydrogen-bond acceptors (Lipinski definition) is 4. The lowest BCUT2D eigenvalue weighted by Crippen LogP contribution is -2.28. The van der Waals surface area contributed by atoms with Crippen molar-refractivity contribution in [1.82, 2.24) is 15.4 Å². The summed E-state index contributed by atoms with van der Waals surface area (Å²) in [5.74, 6) is 5.50. The highest BCUT2D eigenvalue weighted by atomic mass is 15.2. The Balaban J connectivity index is 2.36. The predicted molar refractivity (Wildman–Crippen MR) is 60.9 cm³/mol. The van der Waals surface area contributed by atoms with Crippen molar-refractivity contribution >= 4 is 0 Å². The zero-order chi connectivity index (χ0) is 10.9. The van der Waals surface area contributed by atoms with Crippen molar-refractivity contribution < 1.29 is 0 Å². The molecule has 0 spiro atoms. The van der Waals surface area contributed by atoms with Crippen LogP contribution in [-0.4, -0.2) is 9.97 Å². The minimum atomic E-state index is 0.135. The fraction of sp³-hybridized carbons (Fsp3) is 0.636. The Kier molecular flexibility index (Phi) is 5.88. The standard InChI is InChI=1S/C11H20N4/c1-2-3-4-5-6-10(15-12)11-9-13-7-8-14-11/h7-10,15H,2-6,12H2,1H3. The van der Waals surface area contributed by atoms with Gasteiger partial charge in [-0.05, 0) is 6.42 Å². The summed E-state index contributed by atoms with van der Waals surface area (Å²) in [7, 11) is 0. The van der Waals surface area contributed by atoms with Crippen molar-refractivity contribution in [2.75, 3.05) is 0 Å². The molecule has 15 heavy (non-hydrogen) atoms. The Morgan fingerprint density at radius 3 is 2.80 bits per heavy atom. The number of hydrogen-bond donors (Lipinski definition) is 2. The molecule has 1 unspecified atom stereocenters.